The van der Waals surface area contributed by atoms with Gasteiger partial charge in [0.1, 0.15) is 0 Å². The van der Waals surface area contributed by atoms with Gasteiger partial charge in [-0.25, -0.2) is 4.99 Å². The number of carbonyl (C=O) groups is 1. The van der Waals surface area contributed by atoms with Crippen LogP contribution in [0.1, 0.15) is 37.7 Å². The fourth-order valence-corrected chi connectivity index (χ4v) is 3.48. The summed E-state index contributed by atoms with van der Waals surface area (Å²) in [4.78, 5) is 17.5. The second-order valence-corrected chi connectivity index (χ2v) is 6.01. The number of benzene rings is 1. The van der Waals surface area contributed by atoms with Crippen LogP contribution in [0.15, 0.2) is 29.3 Å². The van der Waals surface area contributed by atoms with E-state index in [-0.39, 0.29) is 11.9 Å². The molecule has 1 fully saturated rings. The molecule has 112 valence electrons. The van der Waals surface area contributed by atoms with E-state index in [1.807, 2.05) is 24.3 Å². The summed E-state index contributed by atoms with van der Waals surface area (Å²) < 4.78 is 5.76. The summed E-state index contributed by atoms with van der Waals surface area (Å²) in [6, 6.07) is 7.48. The van der Waals surface area contributed by atoms with Crippen LogP contribution in [0, 0.1) is 0 Å². The van der Waals surface area contributed by atoms with E-state index in [4.69, 9.17) is 22.1 Å². The SMILES string of the molecule is NCCCC1=N[C@]2(c3ccccc3Cl)CCC[C@H](O1)C2=O. The van der Waals surface area contributed by atoms with Crippen LogP contribution in [-0.4, -0.2) is 24.3 Å². The molecule has 5 heteroatoms. The van der Waals surface area contributed by atoms with Gasteiger partial charge in [0.2, 0.25) is 5.78 Å². The topological polar surface area (TPSA) is 64.7 Å². The maximum atomic E-state index is 12.8. The highest BCUT2D eigenvalue weighted by molar-refractivity contribution is 6.32. The predicted octanol–water partition coefficient (Wildman–Crippen LogP) is 2.82. The number of rotatable bonds is 4. The van der Waals surface area contributed by atoms with E-state index in [0.29, 0.717) is 30.3 Å². The molecular weight excluding hydrogens is 288 g/mol. The first-order valence-corrected chi connectivity index (χ1v) is 7.80. The first-order chi connectivity index (χ1) is 10.2. The number of hydrogen-bond donors (Lipinski definition) is 1. The summed E-state index contributed by atoms with van der Waals surface area (Å²) in [5.74, 6) is 0.683. The monoisotopic (exact) mass is 306 g/mol. The van der Waals surface area contributed by atoms with Crippen LogP contribution in [0.3, 0.4) is 0 Å². The van der Waals surface area contributed by atoms with Crippen molar-refractivity contribution in [2.45, 2.75) is 43.7 Å². The molecule has 4 nitrogen and oxygen atoms in total. The summed E-state index contributed by atoms with van der Waals surface area (Å²) in [6.07, 6.45) is 3.45. The van der Waals surface area contributed by atoms with Crippen molar-refractivity contribution in [3.05, 3.63) is 34.9 Å². The number of Topliss-reactive ketones (excluding diaryl/α,β-unsaturated/α-hetero) is 1. The maximum Gasteiger partial charge on any atom is 0.205 e. The third-order valence-electron chi connectivity index (χ3n) is 4.21. The molecule has 0 aromatic heterocycles. The fraction of sp³-hybridized carbons (Fsp3) is 0.500. The smallest absolute Gasteiger partial charge is 0.205 e. The van der Waals surface area contributed by atoms with E-state index in [1.165, 1.54) is 0 Å². The first-order valence-electron chi connectivity index (χ1n) is 7.42. The highest BCUT2D eigenvalue weighted by Gasteiger charge is 2.51. The molecule has 1 heterocycles. The van der Waals surface area contributed by atoms with Gasteiger partial charge in [0.25, 0.3) is 0 Å². The summed E-state index contributed by atoms with van der Waals surface area (Å²) >= 11 is 6.33. The van der Waals surface area contributed by atoms with Crippen LogP contribution in [0.25, 0.3) is 0 Å². The highest BCUT2D eigenvalue weighted by atomic mass is 35.5. The van der Waals surface area contributed by atoms with E-state index in [0.717, 1.165) is 24.8 Å². The number of ketones is 1. The molecule has 2 N–H and O–H groups in total. The van der Waals surface area contributed by atoms with E-state index < -0.39 is 5.54 Å². The van der Waals surface area contributed by atoms with Crippen molar-refractivity contribution < 1.29 is 9.53 Å². The normalized spacial score (nSPS) is 28.0. The van der Waals surface area contributed by atoms with Gasteiger partial charge in [-0.15, -0.1) is 0 Å². The Hall–Kier alpha value is -1.39. The predicted molar refractivity (Wildman–Crippen MR) is 82.6 cm³/mol. The van der Waals surface area contributed by atoms with Crippen LogP contribution in [-0.2, 0) is 15.1 Å². The number of halogens is 1. The highest BCUT2D eigenvalue weighted by Crippen LogP contribution is 2.44. The van der Waals surface area contributed by atoms with Crippen molar-refractivity contribution in [1.29, 1.82) is 0 Å². The number of nitrogens with zero attached hydrogens (tertiary/aromatic N) is 1. The quantitative estimate of drug-likeness (QED) is 0.930. The maximum absolute atomic E-state index is 12.8. The van der Waals surface area contributed by atoms with Crippen LogP contribution in [0.5, 0.6) is 0 Å². The zero-order valence-corrected chi connectivity index (χ0v) is 12.6. The molecule has 0 amide bonds. The lowest BCUT2D eigenvalue weighted by Crippen LogP contribution is -2.51. The van der Waals surface area contributed by atoms with Crippen LogP contribution < -0.4 is 5.73 Å². The third-order valence-corrected chi connectivity index (χ3v) is 4.54. The minimum Gasteiger partial charge on any atom is -0.470 e. The lowest BCUT2D eigenvalue weighted by Gasteiger charge is -2.41. The molecule has 2 bridgehead atoms. The Morgan fingerprint density at radius 3 is 3.00 bits per heavy atom. The van der Waals surface area contributed by atoms with Crippen molar-refractivity contribution in [2.24, 2.45) is 10.7 Å². The number of carbonyl (C=O) groups excluding carboxylic acids is 1. The molecule has 1 aromatic carbocycles. The first kappa shape index (κ1) is 14.5. The van der Waals surface area contributed by atoms with Gasteiger partial charge in [-0.05, 0) is 38.3 Å². The Bertz CT molecular complexity index is 587. The molecule has 0 spiro atoms. The number of ether oxygens (including phenoxy) is 1. The number of fused-ring (bicyclic) bond motifs is 2. The van der Waals surface area contributed by atoms with Crippen LogP contribution >= 0.6 is 11.6 Å². The van der Waals surface area contributed by atoms with Gasteiger partial charge in [-0.1, -0.05) is 29.8 Å². The standard InChI is InChI=1S/C16H19ClN2O2/c17-12-6-2-1-5-11(12)16-9-3-7-13(15(16)20)21-14(19-16)8-4-10-18/h1-2,5-6,13H,3-4,7-10,18H2/t13-,16-/m0/s1. The Balaban J connectivity index is 2.07. The van der Waals surface area contributed by atoms with Gasteiger partial charge in [-0.2, -0.15) is 0 Å². The molecule has 2 atom stereocenters. The number of aliphatic imine (C=N–C) groups is 1. The van der Waals surface area contributed by atoms with E-state index in [9.17, 15) is 4.79 Å². The summed E-state index contributed by atoms with van der Waals surface area (Å²) in [6.45, 7) is 0.583. The molecule has 1 aromatic rings. The van der Waals surface area contributed by atoms with Gasteiger partial charge < -0.3 is 10.5 Å². The molecule has 0 radical (unpaired) electrons. The summed E-state index contributed by atoms with van der Waals surface area (Å²) in [7, 11) is 0. The van der Waals surface area contributed by atoms with Gasteiger partial charge in [0, 0.05) is 17.0 Å². The summed E-state index contributed by atoms with van der Waals surface area (Å²) in [5, 5.41) is 0.593. The Morgan fingerprint density at radius 1 is 1.43 bits per heavy atom. The largest absolute Gasteiger partial charge is 0.470 e. The minimum atomic E-state index is -0.858. The second kappa shape index (κ2) is 5.78. The average Bonchev–Trinajstić information content (AvgIpc) is 2.46. The second-order valence-electron chi connectivity index (χ2n) is 5.60. The molecule has 0 saturated heterocycles. The molecule has 1 aliphatic heterocycles. The Kier molecular flexibility index (Phi) is 4.00. The third kappa shape index (κ3) is 2.47. The molecule has 1 saturated carbocycles. The van der Waals surface area contributed by atoms with Crippen molar-refractivity contribution in [2.75, 3.05) is 6.54 Å². The van der Waals surface area contributed by atoms with E-state index >= 15 is 0 Å². The molecular formula is C16H19ClN2O2. The molecule has 1 aliphatic carbocycles. The lowest BCUT2D eigenvalue weighted by atomic mass is 9.74. The van der Waals surface area contributed by atoms with E-state index in [1.54, 1.807) is 0 Å². The minimum absolute atomic E-state index is 0.0401. The van der Waals surface area contributed by atoms with Gasteiger partial charge in [0.15, 0.2) is 17.5 Å². The van der Waals surface area contributed by atoms with Crippen molar-refractivity contribution in [1.82, 2.24) is 0 Å². The molecule has 0 unspecified atom stereocenters. The molecule has 3 rings (SSSR count). The van der Waals surface area contributed by atoms with Crippen molar-refractivity contribution >= 4 is 23.3 Å². The average molecular weight is 307 g/mol. The lowest BCUT2D eigenvalue weighted by molar-refractivity contribution is -0.137. The van der Waals surface area contributed by atoms with Crippen molar-refractivity contribution in [3.8, 4) is 0 Å². The molecule has 2 aliphatic rings. The zero-order valence-electron chi connectivity index (χ0n) is 11.8. The zero-order chi connectivity index (χ0) is 14.9. The van der Waals surface area contributed by atoms with Gasteiger partial charge in [0.05, 0.1) is 0 Å². The Labute approximate surface area is 129 Å². The van der Waals surface area contributed by atoms with Gasteiger partial charge in [-0.3, -0.25) is 4.79 Å². The van der Waals surface area contributed by atoms with Crippen LogP contribution in [0.4, 0.5) is 0 Å². The number of nitrogens with two attached hydrogens (primary N) is 1. The van der Waals surface area contributed by atoms with E-state index in [2.05, 4.69) is 4.99 Å². The van der Waals surface area contributed by atoms with Gasteiger partial charge >= 0.3 is 0 Å². The number of hydrogen-bond acceptors (Lipinski definition) is 4. The van der Waals surface area contributed by atoms with Crippen LogP contribution in [0.2, 0.25) is 5.02 Å². The van der Waals surface area contributed by atoms with Crippen molar-refractivity contribution in [3.63, 3.8) is 0 Å². The molecule has 21 heavy (non-hydrogen) atoms. The Morgan fingerprint density at radius 2 is 2.24 bits per heavy atom. The fourth-order valence-electron chi connectivity index (χ4n) is 3.18. The summed E-state index contributed by atoms with van der Waals surface area (Å²) in [5.41, 5.74) is 5.50.